The van der Waals surface area contributed by atoms with Gasteiger partial charge in [0.05, 0.1) is 6.61 Å². The predicted molar refractivity (Wildman–Crippen MR) is 82.0 cm³/mol. The number of ether oxygens (including phenoxy) is 1. The van der Waals surface area contributed by atoms with Crippen LogP contribution in [0, 0.1) is 11.7 Å². The molecule has 0 amide bonds. The van der Waals surface area contributed by atoms with Crippen molar-refractivity contribution >= 4 is 5.69 Å². The standard InChI is InChI=1S/C16H25FN2O2/c1-21-9-7-18-10-14-15(17)5-2-6-16(14)19-8-3-4-13(11-19)12-20/h2,5-6,13,18,20H,3-4,7-12H2,1H3. The van der Waals surface area contributed by atoms with Gasteiger partial charge in [0.25, 0.3) is 0 Å². The van der Waals surface area contributed by atoms with Crippen molar-refractivity contribution in [2.24, 2.45) is 5.92 Å². The van der Waals surface area contributed by atoms with Crippen molar-refractivity contribution < 1.29 is 14.2 Å². The number of nitrogens with one attached hydrogen (secondary N) is 1. The van der Waals surface area contributed by atoms with E-state index < -0.39 is 0 Å². The first-order valence-corrected chi connectivity index (χ1v) is 7.59. The van der Waals surface area contributed by atoms with Gasteiger partial charge < -0.3 is 20.1 Å². The third-order valence-corrected chi connectivity index (χ3v) is 4.00. The minimum absolute atomic E-state index is 0.177. The van der Waals surface area contributed by atoms with E-state index in [2.05, 4.69) is 10.2 Å². The SMILES string of the molecule is COCCNCc1c(F)cccc1N1CCCC(CO)C1. The molecule has 0 aromatic heterocycles. The molecule has 1 aliphatic heterocycles. The van der Waals surface area contributed by atoms with Gasteiger partial charge in [0.1, 0.15) is 5.82 Å². The van der Waals surface area contributed by atoms with E-state index in [1.165, 1.54) is 6.07 Å². The molecule has 0 saturated carbocycles. The number of benzene rings is 1. The Morgan fingerprint density at radius 2 is 2.33 bits per heavy atom. The predicted octanol–water partition coefficient (Wildman–Crippen LogP) is 1.77. The van der Waals surface area contributed by atoms with E-state index in [1.807, 2.05) is 6.07 Å². The van der Waals surface area contributed by atoms with Crippen LogP contribution in [0.2, 0.25) is 0 Å². The zero-order chi connectivity index (χ0) is 15.1. The van der Waals surface area contributed by atoms with Gasteiger partial charge >= 0.3 is 0 Å². The minimum atomic E-state index is -0.177. The highest BCUT2D eigenvalue weighted by Gasteiger charge is 2.22. The van der Waals surface area contributed by atoms with Crippen molar-refractivity contribution in [1.82, 2.24) is 5.32 Å². The van der Waals surface area contributed by atoms with Crippen LogP contribution in [0.1, 0.15) is 18.4 Å². The Morgan fingerprint density at radius 3 is 3.10 bits per heavy atom. The molecule has 0 bridgehead atoms. The highest BCUT2D eigenvalue weighted by molar-refractivity contribution is 5.54. The lowest BCUT2D eigenvalue weighted by Gasteiger charge is -2.35. The Kier molecular flexibility index (Phi) is 6.42. The summed E-state index contributed by atoms with van der Waals surface area (Å²) in [5.41, 5.74) is 1.64. The summed E-state index contributed by atoms with van der Waals surface area (Å²) < 4.78 is 19.1. The van der Waals surface area contributed by atoms with E-state index in [4.69, 9.17) is 4.74 Å². The van der Waals surface area contributed by atoms with Crippen LogP contribution < -0.4 is 10.2 Å². The second-order valence-electron chi connectivity index (χ2n) is 5.54. The molecular formula is C16H25FN2O2. The molecule has 1 saturated heterocycles. The molecule has 5 heteroatoms. The fourth-order valence-corrected chi connectivity index (χ4v) is 2.84. The van der Waals surface area contributed by atoms with Crippen molar-refractivity contribution in [3.63, 3.8) is 0 Å². The average molecular weight is 296 g/mol. The van der Waals surface area contributed by atoms with E-state index in [0.29, 0.717) is 25.3 Å². The fraction of sp³-hybridized carbons (Fsp3) is 0.625. The molecule has 1 aromatic carbocycles. The van der Waals surface area contributed by atoms with E-state index in [0.717, 1.165) is 31.6 Å². The van der Waals surface area contributed by atoms with Gasteiger partial charge in [-0.1, -0.05) is 6.07 Å². The number of nitrogens with zero attached hydrogens (tertiary/aromatic N) is 1. The van der Waals surface area contributed by atoms with Crippen LogP contribution in [-0.2, 0) is 11.3 Å². The number of methoxy groups -OCH3 is 1. The topological polar surface area (TPSA) is 44.7 Å². The molecule has 0 aliphatic carbocycles. The summed E-state index contributed by atoms with van der Waals surface area (Å²) in [6.07, 6.45) is 2.09. The molecule has 1 fully saturated rings. The Bertz CT molecular complexity index is 442. The van der Waals surface area contributed by atoms with Crippen molar-refractivity contribution in [3.8, 4) is 0 Å². The number of anilines is 1. The molecule has 1 unspecified atom stereocenters. The molecule has 1 heterocycles. The average Bonchev–Trinajstić information content (AvgIpc) is 2.52. The normalized spacial score (nSPS) is 19.0. The molecule has 2 rings (SSSR count). The van der Waals surface area contributed by atoms with Crippen LogP contribution in [0.3, 0.4) is 0 Å². The summed E-state index contributed by atoms with van der Waals surface area (Å²) in [5, 5.41) is 12.6. The third-order valence-electron chi connectivity index (χ3n) is 4.00. The summed E-state index contributed by atoms with van der Waals surface area (Å²) in [5.74, 6) is 0.111. The molecule has 2 N–H and O–H groups in total. The molecule has 1 atom stereocenters. The number of hydrogen-bond donors (Lipinski definition) is 2. The molecule has 1 aromatic rings. The number of aliphatic hydroxyl groups is 1. The number of halogens is 1. The van der Waals surface area contributed by atoms with Crippen molar-refractivity contribution in [2.45, 2.75) is 19.4 Å². The Labute approximate surface area is 125 Å². The second-order valence-corrected chi connectivity index (χ2v) is 5.54. The lowest BCUT2D eigenvalue weighted by Crippen LogP contribution is -2.37. The van der Waals surface area contributed by atoms with Crippen molar-refractivity contribution in [2.75, 3.05) is 44.9 Å². The van der Waals surface area contributed by atoms with Gasteiger partial charge in [-0.15, -0.1) is 0 Å². The Balaban J connectivity index is 2.08. The van der Waals surface area contributed by atoms with E-state index in [1.54, 1.807) is 13.2 Å². The lowest BCUT2D eigenvalue weighted by atomic mass is 9.97. The largest absolute Gasteiger partial charge is 0.396 e. The van der Waals surface area contributed by atoms with Crippen LogP contribution >= 0.6 is 0 Å². The van der Waals surface area contributed by atoms with Gasteiger partial charge in [0.15, 0.2) is 0 Å². The number of piperidine rings is 1. The van der Waals surface area contributed by atoms with Gasteiger partial charge in [-0.05, 0) is 30.9 Å². The maximum absolute atomic E-state index is 14.1. The van der Waals surface area contributed by atoms with Gasteiger partial charge in [0, 0.05) is 51.1 Å². The highest BCUT2D eigenvalue weighted by Crippen LogP contribution is 2.28. The van der Waals surface area contributed by atoms with Crippen molar-refractivity contribution in [1.29, 1.82) is 0 Å². The Morgan fingerprint density at radius 1 is 1.48 bits per heavy atom. The molecular weight excluding hydrogens is 271 g/mol. The summed E-state index contributed by atoms with van der Waals surface area (Å²) in [6.45, 7) is 3.72. The summed E-state index contributed by atoms with van der Waals surface area (Å²) in [4.78, 5) is 2.20. The van der Waals surface area contributed by atoms with Crippen LogP contribution in [0.25, 0.3) is 0 Å². The van der Waals surface area contributed by atoms with Crippen molar-refractivity contribution in [3.05, 3.63) is 29.6 Å². The van der Waals surface area contributed by atoms with Gasteiger partial charge in [-0.25, -0.2) is 4.39 Å². The molecule has 0 radical (unpaired) electrons. The smallest absolute Gasteiger partial charge is 0.129 e. The van der Waals surface area contributed by atoms with Gasteiger partial charge in [-0.3, -0.25) is 0 Å². The van der Waals surface area contributed by atoms with Crippen LogP contribution in [0.4, 0.5) is 10.1 Å². The van der Waals surface area contributed by atoms with Crippen LogP contribution in [-0.4, -0.2) is 45.1 Å². The number of hydrogen-bond acceptors (Lipinski definition) is 4. The maximum atomic E-state index is 14.1. The van der Waals surface area contributed by atoms with E-state index >= 15 is 0 Å². The zero-order valence-electron chi connectivity index (χ0n) is 12.6. The van der Waals surface area contributed by atoms with Crippen LogP contribution in [0.15, 0.2) is 18.2 Å². The van der Waals surface area contributed by atoms with E-state index in [9.17, 15) is 9.50 Å². The summed E-state index contributed by atoms with van der Waals surface area (Å²) in [7, 11) is 1.65. The molecule has 118 valence electrons. The summed E-state index contributed by atoms with van der Waals surface area (Å²) >= 11 is 0. The quantitative estimate of drug-likeness (QED) is 0.753. The van der Waals surface area contributed by atoms with Crippen LogP contribution in [0.5, 0.6) is 0 Å². The monoisotopic (exact) mass is 296 g/mol. The first-order valence-electron chi connectivity index (χ1n) is 7.59. The fourth-order valence-electron chi connectivity index (χ4n) is 2.84. The van der Waals surface area contributed by atoms with E-state index in [-0.39, 0.29) is 18.3 Å². The number of rotatable bonds is 7. The Hall–Kier alpha value is -1.17. The molecule has 1 aliphatic rings. The highest BCUT2D eigenvalue weighted by atomic mass is 19.1. The first-order chi connectivity index (χ1) is 10.3. The van der Waals surface area contributed by atoms with Gasteiger partial charge in [0.2, 0.25) is 0 Å². The molecule has 21 heavy (non-hydrogen) atoms. The second kappa shape index (κ2) is 8.32. The lowest BCUT2D eigenvalue weighted by molar-refractivity contribution is 0.199. The third kappa shape index (κ3) is 4.40. The molecule has 0 spiro atoms. The minimum Gasteiger partial charge on any atom is -0.396 e. The maximum Gasteiger partial charge on any atom is 0.129 e. The zero-order valence-corrected chi connectivity index (χ0v) is 12.6. The summed E-state index contributed by atoms with van der Waals surface area (Å²) in [6, 6.07) is 5.23. The van der Waals surface area contributed by atoms with Gasteiger partial charge in [-0.2, -0.15) is 0 Å². The molecule has 4 nitrogen and oxygen atoms in total. The number of aliphatic hydroxyl groups excluding tert-OH is 1. The first kappa shape index (κ1) is 16.2.